The summed E-state index contributed by atoms with van der Waals surface area (Å²) >= 11 is 0. The van der Waals surface area contributed by atoms with E-state index in [9.17, 15) is 13.5 Å². The zero-order valence-electron chi connectivity index (χ0n) is 11.2. The number of para-hydroxylation sites is 1. The van der Waals surface area contributed by atoms with Crippen LogP contribution >= 0.6 is 0 Å². The summed E-state index contributed by atoms with van der Waals surface area (Å²) in [6.45, 7) is 1.80. The van der Waals surface area contributed by atoms with Crippen molar-refractivity contribution in [2.24, 2.45) is 5.92 Å². The molecular formula is C14H21NO3S. The second kappa shape index (κ2) is 5.92. The number of benzene rings is 1. The lowest BCUT2D eigenvalue weighted by atomic mass is 10.0. The molecule has 2 N–H and O–H groups in total. The number of aliphatic hydroxyl groups excluding tert-OH is 1. The molecule has 2 unspecified atom stereocenters. The van der Waals surface area contributed by atoms with Gasteiger partial charge in [-0.1, -0.05) is 25.5 Å². The Bertz CT molecular complexity index is 527. The molecule has 1 aliphatic rings. The van der Waals surface area contributed by atoms with Gasteiger partial charge in [-0.3, -0.25) is 0 Å². The molecular weight excluding hydrogens is 262 g/mol. The second-order valence-corrected chi connectivity index (χ2v) is 7.27. The summed E-state index contributed by atoms with van der Waals surface area (Å²) in [5.41, 5.74) is 0.662. The Morgan fingerprint density at radius 3 is 2.74 bits per heavy atom. The van der Waals surface area contributed by atoms with Crippen LogP contribution in [-0.4, -0.2) is 31.9 Å². The molecule has 1 aromatic carbocycles. The largest absolute Gasteiger partial charge is 0.396 e. The Morgan fingerprint density at radius 1 is 1.32 bits per heavy atom. The van der Waals surface area contributed by atoms with Crippen molar-refractivity contribution in [1.82, 2.24) is 0 Å². The quantitative estimate of drug-likeness (QED) is 0.868. The first kappa shape index (κ1) is 14.3. The van der Waals surface area contributed by atoms with Crippen LogP contribution in [-0.2, 0) is 9.84 Å². The van der Waals surface area contributed by atoms with Gasteiger partial charge in [-0.05, 0) is 25.0 Å². The molecule has 1 aromatic rings. The van der Waals surface area contributed by atoms with Gasteiger partial charge in [-0.25, -0.2) is 8.42 Å². The van der Waals surface area contributed by atoms with E-state index in [0.717, 1.165) is 19.3 Å². The van der Waals surface area contributed by atoms with E-state index in [-0.39, 0.29) is 24.3 Å². The number of aliphatic hydroxyl groups is 1. The van der Waals surface area contributed by atoms with Crippen molar-refractivity contribution in [3.63, 3.8) is 0 Å². The number of hydrogen-bond acceptors (Lipinski definition) is 4. The summed E-state index contributed by atoms with van der Waals surface area (Å²) in [7, 11) is -3.22. The molecule has 0 aromatic heterocycles. The van der Waals surface area contributed by atoms with Crippen molar-refractivity contribution in [3.8, 4) is 0 Å². The average Bonchev–Trinajstić information content (AvgIpc) is 2.86. The molecule has 1 saturated carbocycles. The first-order valence-electron chi connectivity index (χ1n) is 6.77. The highest BCUT2D eigenvalue weighted by atomic mass is 32.2. The maximum Gasteiger partial charge on any atom is 0.180 e. The van der Waals surface area contributed by atoms with Gasteiger partial charge in [0.15, 0.2) is 9.84 Å². The molecule has 0 heterocycles. The highest BCUT2D eigenvalue weighted by molar-refractivity contribution is 7.91. The van der Waals surface area contributed by atoms with Gasteiger partial charge in [0.25, 0.3) is 0 Å². The fourth-order valence-corrected chi connectivity index (χ4v) is 3.72. The second-order valence-electron chi connectivity index (χ2n) is 5.02. The van der Waals surface area contributed by atoms with Crippen LogP contribution in [0.1, 0.15) is 26.2 Å². The van der Waals surface area contributed by atoms with Gasteiger partial charge in [0.1, 0.15) is 0 Å². The summed E-state index contributed by atoms with van der Waals surface area (Å²) in [4.78, 5) is 0.362. The monoisotopic (exact) mass is 283 g/mol. The standard InChI is InChI=1S/C14H21NO3S/c1-2-19(17,18)14-9-4-3-7-13(14)15-12-8-5-6-11(12)10-16/h3-4,7,9,11-12,15-16H,2,5-6,8,10H2,1H3. The van der Waals surface area contributed by atoms with E-state index in [1.807, 2.05) is 6.07 Å². The lowest BCUT2D eigenvalue weighted by molar-refractivity contribution is 0.222. The molecule has 1 aliphatic carbocycles. The van der Waals surface area contributed by atoms with Gasteiger partial charge in [0, 0.05) is 18.6 Å². The molecule has 5 heteroatoms. The first-order valence-corrected chi connectivity index (χ1v) is 8.43. The van der Waals surface area contributed by atoms with E-state index in [2.05, 4.69) is 5.32 Å². The smallest absolute Gasteiger partial charge is 0.180 e. The molecule has 19 heavy (non-hydrogen) atoms. The minimum absolute atomic E-state index is 0.0970. The van der Waals surface area contributed by atoms with Crippen molar-refractivity contribution in [2.75, 3.05) is 17.7 Å². The number of anilines is 1. The van der Waals surface area contributed by atoms with Crippen molar-refractivity contribution >= 4 is 15.5 Å². The molecule has 1 fully saturated rings. The SMILES string of the molecule is CCS(=O)(=O)c1ccccc1NC1CCCC1CO. The van der Waals surface area contributed by atoms with E-state index < -0.39 is 9.84 Å². The normalized spacial score (nSPS) is 23.5. The third-order valence-corrected chi connectivity index (χ3v) is 5.62. The van der Waals surface area contributed by atoms with Crippen molar-refractivity contribution in [2.45, 2.75) is 37.1 Å². The molecule has 0 saturated heterocycles. The third-order valence-electron chi connectivity index (χ3n) is 3.84. The van der Waals surface area contributed by atoms with Gasteiger partial charge >= 0.3 is 0 Å². The highest BCUT2D eigenvalue weighted by Crippen LogP contribution is 2.30. The maximum absolute atomic E-state index is 12.1. The van der Waals surface area contributed by atoms with E-state index in [1.54, 1.807) is 25.1 Å². The summed E-state index contributed by atoms with van der Waals surface area (Å²) < 4.78 is 24.1. The van der Waals surface area contributed by atoms with E-state index in [4.69, 9.17) is 0 Å². The Hall–Kier alpha value is -1.07. The Kier molecular flexibility index (Phi) is 4.47. The maximum atomic E-state index is 12.1. The first-order chi connectivity index (χ1) is 9.08. The minimum Gasteiger partial charge on any atom is -0.396 e. The molecule has 2 rings (SSSR count). The van der Waals surface area contributed by atoms with Gasteiger partial charge in [0.2, 0.25) is 0 Å². The van der Waals surface area contributed by atoms with Crippen LogP contribution in [0, 0.1) is 5.92 Å². The number of sulfone groups is 1. The van der Waals surface area contributed by atoms with Crippen molar-refractivity contribution < 1.29 is 13.5 Å². The lowest BCUT2D eigenvalue weighted by Crippen LogP contribution is -2.27. The number of hydrogen-bond donors (Lipinski definition) is 2. The van der Waals surface area contributed by atoms with Crippen LogP contribution in [0.25, 0.3) is 0 Å². The van der Waals surface area contributed by atoms with Crippen LogP contribution in [0.4, 0.5) is 5.69 Å². The molecule has 4 nitrogen and oxygen atoms in total. The number of nitrogens with one attached hydrogen (secondary N) is 1. The van der Waals surface area contributed by atoms with Gasteiger partial charge in [-0.2, -0.15) is 0 Å². The Morgan fingerprint density at radius 2 is 2.05 bits per heavy atom. The topological polar surface area (TPSA) is 66.4 Å². The lowest BCUT2D eigenvalue weighted by Gasteiger charge is -2.22. The van der Waals surface area contributed by atoms with Crippen molar-refractivity contribution in [1.29, 1.82) is 0 Å². The molecule has 106 valence electrons. The minimum atomic E-state index is -3.22. The van der Waals surface area contributed by atoms with E-state index in [0.29, 0.717) is 10.6 Å². The predicted molar refractivity (Wildman–Crippen MR) is 76.0 cm³/mol. The summed E-state index contributed by atoms with van der Waals surface area (Å²) in [6.07, 6.45) is 3.05. The highest BCUT2D eigenvalue weighted by Gasteiger charge is 2.28. The van der Waals surface area contributed by atoms with Crippen molar-refractivity contribution in [3.05, 3.63) is 24.3 Å². The zero-order valence-corrected chi connectivity index (χ0v) is 12.0. The summed E-state index contributed by atoms with van der Waals surface area (Å²) in [6, 6.07) is 7.18. The average molecular weight is 283 g/mol. The molecule has 2 atom stereocenters. The van der Waals surface area contributed by atoms with Gasteiger partial charge in [-0.15, -0.1) is 0 Å². The summed E-state index contributed by atoms with van der Waals surface area (Å²) in [5, 5.41) is 12.6. The van der Waals surface area contributed by atoms with Crippen LogP contribution in [0.2, 0.25) is 0 Å². The summed E-state index contributed by atoms with van der Waals surface area (Å²) in [5.74, 6) is 0.317. The van der Waals surface area contributed by atoms with E-state index in [1.165, 1.54) is 0 Å². The molecule has 0 spiro atoms. The fraction of sp³-hybridized carbons (Fsp3) is 0.571. The van der Waals surface area contributed by atoms with Crippen LogP contribution in [0.5, 0.6) is 0 Å². The van der Waals surface area contributed by atoms with Crippen LogP contribution < -0.4 is 5.32 Å². The molecule has 0 aliphatic heterocycles. The van der Waals surface area contributed by atoms with Gasteiger partial charge in [0.05, 0.1) is 16.3 Å². The third kappa shape index (κ3) is 3.09. The van der Waals surface area contributed by atoms with Crippen LogP contribution in [0.3, 0.4) is 0 Å². The fourth-order valence-electron chi connectivity index (χ4n) is 2.66. The Balaban J connectivity index is 2.26. The van der Waals surface area contributed by atoms with Crippen LogP contribution in [0.15, 0.2) is 29.2 Å². The molecule has 0 bridgehead atoms. The van der Waals surface area contributed by atoms with E-state index >= 15 is 0 Å². The van der Waals surface area contributed by atoms with Gasteiger partial charge < -0.3 is 10.4 Å². The molecule has 0 radical (unpaired) electrons. The Labute approximate surface area is 114 Å². The zero-order chi connectivity index (χ0) is 13.9. The predicted octanol–water partition coefficient (Wildman–Crippen LogP) is 2.05. The number of rotatable bonds is 5. The molecule has 0 amide bonds.